The molecule has 0 radical (unpaired) electrons. The number of carbonyl (C=O) groups is 1. The van der Waals surface area contributed by atoms with Gasteiger partial charge in [-0.1, -0.05) is 25.4 Å². The van der Waals surface area contributed by atoms with Crippen LogP contribution in [0, 0.1) is 20.8 Å². The maximum atomic E-state index is 14.1. The molecule has 0 unspecified atom stereocenters. The second kappa shape index (κ2) is 9.84. The molecule has 11 heteroatoms. The second-order valence-electron chi connectivity index (χ2n) is 8.79. The van der Waals surface area contributed by atoms with Gasteiger partial charge < -0.3 is 19.6 Å². The van der Waals surface area contributed by atoms with Gasteiger partial charge in [0.25, 0.3) is 17.2 Å². The van der Waals surface area contributed by atoms with Crippen LogP contribution < -0.4 is 21.9 Å². The number of hydrogen-bond donors (Lipinski definition) is 2. The van der Waals surface area contributed by atoms with E-state index in [9.17, 15) is 14.4 Å². The topological polar surface area (TPSA) is 153 Å². The summed E-state index contributed by atoms with van der Waals surface area (Å²) < 4.78 is 12.4. The molecule has 0 aliphatic heterocycles. The average Bonchev–Trinajstić information content (AvgIpc) is 3.38. The Morgan fingerprint density at radius 2 is 1.92 bits per heavy atom. The number of rotatable bonds is 8. The zero-order chi connectivity index (χ0) is 26.1. The highest BCUT2D eigenvalue weighted by molar-refractivity contribution is 6.14. The average molecular weight is 495 g/mol. The lowest BCUT2D eigenvalue weighted by Crippen LogP contribution is -2.41. The van der Waals surface area contributed by atoms with E-state index in [0.29, 0.717) is 53.2 Å². The van der Waals surface area contributed by atoms with Crippen LogP contribution >= 0.6 is 0 Å². The van der Waals surface area contributed by atoms with Crippen molar-refractivity contribution in [2.45, 2.75) is 60.4 Å². The van der Waals surface area contributed by atoms with Gasteiger partial charge in [-0.3, -0.25) is 19.1 Å². The highest BCUT2D eigenvalue weighted by atomic mass is 16.5. The summed E-state index contributed by atoms with van der Waals surface area (Å²) in [5.74, 6) is 0.816. The van der Waals surface area contributed by atoms with Crippen LogP contribution in [0.1, 0.15) is 60.7 Å². The van der Waals surface area contributed by atoms with Crippen LogP contribution in [0.4, 0.5) is 11.5 Å². The monoisotopic (exact) mass is 494 g/mol. The fourth-order valence-corrected chi connectivity index (χ4v) is 4.35. The van der Waals surface area contributed by atoms with E-state index in [1.807, 2.05) is 33.8 Å². The van der Waals surface area contributed by atoms with Crippen LogP contribution in [0.3, 0.4) is 0 Å². The summed E-state index contributed by atoms with van der Waals surface area (Å²) >= 11 is 0. The van der Waals surface area contributed by atoms with E-state index in [1.54, 1.807) is 13.0 Å². The number of anilines is 2. The predicted molar refractivity (Wildman–Crippen MR) is 136 cm³/mol. The van der Waals surface area contributed by atoms with Crippen molar-refractivity contribution in [3.8, 4) is 11.3 Å². The first-order valence-corrected chi connectivity index (χ1v) is 12.0. The summed E-state index contributed by atoms with van der Waals surface area (Å²) in [5.41, 5.74) is 7.07. The summed E-state index contributed by atoms with van der Waals surface area (Å²) in [6, 6.07) is 3.48. The lowest BCUT2D eigenvalue weighted by molar-refractivity contribution is 0.0988. The Labute approximate surface area is 206 Å². The standard InChI is InChI=1S/C25H30N6O5/c1-6-8-10-31-21(26)20(22(32)28-25(31)34)30(9-7-2)24(33)17-12-18(16-11-13(3)35-15(16)5)27-23-19(17)14(4)29-36-23/h11-12H,6-10,26H2,1-5H3,(H,28,32,34). The molecule has 4 rings (SSSR count). The highest BCUT2D eigenvalue weighted by Gasteiger charge is 2.29. The molecule has 0 aliphatic rings. The summed E-state index contributed by atoms with van der Waals surface area (Å²) in [5, 5.41) is 4.45. The van der Waals surface area contributed by atoms with Crippen LogP contribution in [-0.2, 0) is 6.54 Å². The number of nitrogen functional groups attached to an aromatic ring is 1. The number of furan rings is 1. The highest BCUT2D eigenvalue weighted by Crippen LogP contribution is 2.32. The van der Waals surface area contributed by atoms with Gasteiger partial charge in [-0.05, 0) is 45.7 Å². The minimum Gasteiger partial charge on any atom is -0.466 e. The van der Waals surface area contributed by atoms with E-state index in [-0.39, 0.29) is 29.3 Å². The Kier molecular flexibility index (Phi) is 6.82. The van der Waals surface area contributed by atoms with Crippen molar-refractivity contribution in [3.05, 3.63) is 55.7 Å². The fraction of sp³-hybridized carbons (Fsp3) is 0.400. The van der Waals surface area contributed by atoms with Gasteiger partial charge in [0.2, 0.25) is 0 Å². The smallest absolute Gasteiger partial charge is 0.330 e. The number of pyridine rings is 1. The molecule has 3 N–H and O–H groups in total. The summed E-state index contributed by atoms with van der Waals surface area (Å²) in [7, 11) is 0. The number of H-pyrrole nitrogens is 1. The lowest BCUT2D eigenvalue weighted by atomic mass is 10.0. The molecule has 0 atom stereocenters. The number of unbranched alkanes of at least 4 members (excludes halogenated alkanes) is 1. The first-order valence-electron chi connectivity index (χ1n) is 12.0. The molecule has 4 aromatic rings. The van der Waals surface area contributed by atoms with Gasteiger partial charge in [-0.25, -0.2) is 9.78 Å². The number of amides is 1. The number of hydrogen-bond acceptors (Lipinski definition) is 8. The second-order valence-corrected chi connectivity index (χ2v) is 8.79. The summed E-state index contributed by atoms with van der Waals surface area (Å²) in [6.07, 6.45) is 2.06. The predicted octanol–water partition coefficient (Wildman–Crippen LogP) is 3.70. The molecule has 0 saturated carbocycles. The zero-order valence-corrected chi connectivity index (χ0v) is 21.1. The number of nitrogens with one attached hydrogen (secondary N) is 1. The van der Waals surface area contributed by atoms with Crippen molar-refractivity contribution in [2.24, 2.45) is 0 Å². The third kappa shape index (κ3) is 4.32. The molecular formula is C25H30N6O5. The third-order valence-corrected chi connectivity index (χ3v) is 6.08. The molecule has 0 aromatic carbocycles. The van der Waals surface area contributed by atoms with Gasteiger partial charge in [0, 0.05) is 18.7 Å². The third-order valence-electron chi connectivity index (χ3n) is 6.08. The van der Waals surface area contributed by atoms with Crippen molar-refractivity contribution < 1.29 is 13.7 Å². The van der Waals surface area contributed by atoms with Crippen molar-refractivity contribution in [3.63, 3.8) is 0 Å². The lowest BCUT2D eigenvalue weighted by Gasteiger charge is -2.24. The SMILES string of the molecule is CCCCn1c(N)c(N(CCC)C(=O)c2cc(-c3cc(C)oc3C)nc3onc(C)c23)c(=O)[nH]c1=O. The van der Waals surface area contributed by atoms with E-state index in [4.69, 9.17) is 14.7 Å². The molecule has 4 heterocycles. The molecule has 190 valence electrons. The van der Waals surface area contributed by atoms with Crippen molar-refractivity contribution in [2.75, 3.05) is 17.2 Å². The quantitative estimate of drug-likeness (QED) is 0.376. The molecule has 36 heavy (non-hydrogen) atoms. The van der Waals surface area contributed by atoms with E-state index in [0.717, 1.165) is 6.42 Å². The van der Waals surface area contributed by atoms with Crippen molar-refractivity contribution in [1.82, 2.24) is 19.7 Å². The van der Waals surface area contributed by atoms with E-state index < -0.39 is 17.2 Å². The minimum absolute atomic E-state index is 0.0483. The Balaban J connectivity index is 1.93. The van der Waals surface area contributed by atoms with Gasteiger partial charge in [-0.2, -0.15) is 0 Å². The van der Waals surface area contributed by atoms with E-state index in [2.05, 4.69) is 15.1 Å². The summed E-state index contributed by atoms with van der Waals surface area (Å²) in [6.45, 7) is 9.74. The van der Waals surface area contributed by atoms with Gasteiger partial charge in [0.05, 0.1) is 22.3 Å². The number of aromatic amines is 1. The van der Waals surface area contributed by atoms with Crippen molar-refractivity contribution >= 4 is 28.5 Å². The molecule has 0 aliphatic carbocycles. The number of nitrogens with zero attached hydrogens (tertiary/aromatic N) is 4. The molecule has 0 saturated heterocycles. The number of carbonyl (C=O) groups excluding carboxylic acids is 1. The van der Waals surface area contributed by atoms with Crippen molar-refractivity contribution in [1.29, 1.82) is 0 Å². The molecular weight excluding hydrogens is 464 g/mol. The first-order chi connectivity index (χ1) is 17.2. The van der Waals surface area contributed by atoms with Crippen LogP contribution in [0.25, 0.3) is 22.4 Å². The zero-order valence-electron chi connectivity index (χ0n) is 21.1. The van der Waals surface area contributed by atoms with Gasteiger partial charge in [-0.15, -0.1) is 0 Å². The maximum Gasteiger partial charge on any atom is 0.330 e. The molecule has 0 fully saturated rings. The Morgan fingerprint density at radius 3 is 2.56 bits per heavy atom. The summed E-state index contributed by atoms with van der Waals surface area (Å²) in [4.78, 5) is 47.7. The van der Waals surface area contributed by atoms with Gasteiger partial charge in [0.1, 0.15) is 17.3 Å². The van der Waals surface area contributed by atoms with E-state index >= 15 is 0 Å². The molecule has 11 nitrogen and oxygen atoms in total. The van der Waals surface area contributed by atoms with E-state index in [1.165, 1.54) is 9.47 Å². The largest absolute Gasteiger partial charge is 0.466 e. The number of aryl methyl sites for hydroxylation is 3. The molecule has 0 spiro atoms. The number of nitrogens with two attached hydrogens (primary N) is 1. The van der Waals surface area contributed by atoms with Crippen LogP contribution in [0.2, 0.25) is 0 Å². The number of fused-ring (bicyclic) bond motifs is 1. The maximum absolute atomic E-state index is 14.1. The molecule has 4 aromatic heterocycles. The normalized spacial score (nSPS) is 11.4. The van der Waals surface area contributed by atoms with Gasteiger partial charge >= 0.3 is 5.69 Å². The number of aromatic nitrogens is 4. The Morgan fingerprint density at radius 1 is 1.17 bits per heavy atom. The Bertz CT molecular complexity index is 1560. The molecule has 0 bridgehead atoms. The fourth-order valence-electron chi connectivity index (χ4n) is 4.35. The molecule has 1 amide bonds. The van der Waals surface area contributed by atoms with Crippen LogP contribution in [0.15, 0.2) is 30.7 Å². The Hall–Kier alpha value is -4.15. The minimum atomic E-state index is -0.721. The van der Waals surface area contributed by atoms with Crippen LogP contribution in [0.5, 0.6) is 0 Å². The van der Waals surface area contributed by atoms with Crippen LogP contribution in [-0.4, -0.2) is 32.1 Å². The first kappa shape index (κ1) is 25.0. The van der Waals surface area contributed by atoms with Gasteiger partial charge in [0.15, 0.2) is 5.69 Å².